The number of aryl methyl sites for hydroxylation is 2. The number of aromatic hydroxyl groups is 2. The standard InChI is InChI=1S/C54H80N2O10/c1-49(2,3)36-25-33(26-37(45(36)60)50(4,5)6)19-21-43(58)64-24-23-35-27-38(51(7,8)9)46(61)39(28-35)54(16,17)32-66-47-40(52(10,11)12)29-34(30-41(47)53(13,14)15)20-22-44(59)65-31-42(57)55-48(62)56-63-18/h25-30,60-61H,19-24,31-32H2,1-18H3,(H2,55,56,57,62). The van der Waals surface area contributed by atoms with Crippen LogP contribution in [0.5, 0.6) is 17.2 Å². The number of esters is 2. The van der Waals surface area contributed by atoms with Crippen molar-refractivity contribution in [1.29, 1.82) is 0 Å². The highest BCUT2D eigenvalue weighted by Crippen LogP contribution is 2.45. The molecule has 3 aromatic carbocycles. The van der Waals surface area contributed by atoms with Crippen LogP contribution in [0.4, 0.5) is 4.79 Å². The van der Waals surface area contributed by atoms with E-state index >= 15 is 0 Å². The van der Waals surface area contributed by atoms with Crippen LogP contribution >= 0.6 is 0 Å². The zero-order valence-electron chi connectivity index (χ0n) is 43.3. The van der Waals surface area contributed by atoms with E-state index in [4.69, 9.17) is 14.2 Å². The molecule has 0 aromatic heterocycles. The Morgan fingerprint density at radius 3 is 1.29 bits per heavy atom. The molecule has 12 nitrogen and oxygen atoms in total. The van der Waals surface area contributed by atoms with Crippen molar-refractivity contribution in [2.45, 2.75) is 182 Å². The zero-order chi connectivity index (χ0) is 50.4. The summed E-state index contributed by atoms with van der Waals surface area (Å²) >= 11 is 0. The van der Waals surface area contributed by atoms with E-state index < -0.39 is 35.3 Å². The molecule has 0 fully saturated rings. The molecule has 3 aromatic rings. The predicted octanol–water partition coefficient (Wildman–Crippen LogP) is 10.5. The molecule has 0 aliphatic carbocycles. The second-order valence-electron chi connectivity index (χ2n) is 23.3. The Hall–Kier alpha value is -5.10. The molecule has 0 atom stereocenters. The molecule has 0 saturated heterocycles. The van der Waals surface area contributed by atoms with Crippen LogP contribution in [0.3, 0.4) is 0 Å². The van der Waals surface area contributed by atoms with Crippen LogP contribution in [0.2, 0.25) is 0 Å². The summed E-state index contributed by atoms with van der Waals surface area (Å²) in [6.45, 7) is 35.2. The van der Waals surface area contributed by atoms with Crippen LogP contribution in [0.25, 0.3) is 0 Å². The van der Waals surface area contributed by atoms with Crippen molar-refractivity contribution in [2.24, 2.45) is 0 Å². The van der Waals surface area contributed by atoms with Crippen LogP contribution in [0.1, 0.15) is 181 Å². The van der Waals surface area contributed by atoms with Gasteiger partial charge in [-0.05, 0) is 73.3 Å². The molecule has 3 amide bonds. The topological polar surface area (TPSA) is 170 Å². The zero-order valence-corrected chi connectivity index (χ0v) is 43.3. The monoisotopic (exact) mass is 917 g/mol. The molecule has 366 valence electrons. The van der Waals surface area contributed by atoms with Crippen LogP contribution in [0.15, 0.2) is 36.4 Å². The minimum Gasteiger partial charge on any atom is -0.507 e. The summed E-state index contributed by atoms with van der Waals surface area (Å²) < 4.78 is 17.9. The number of rotatable bonds is 16. The Balaban J connectivity index is 1.85. The lowest BCUT2D eigenvalue weighted by Crippen LogP contribution is -2.40. The first-order chi connectivity index (χ1) is 30.1. The first-order valence-corrected chi connectivity index (χ1v) is 23.0. The Morgan fingerprint density at radius 2 is 0.879 bits per heavy atom. The van der Waals surface area contributed by atoms with E-state index in [0.717, 1.165) is 55.8 Å². The minimum absolute atomic E-state index is 0.0134. The highest BCUT2D eigenvalue weighted by molar-refractivity contribution is 5.95. The van der Waals surface area contributed by atoms with Gasteiger partial charge in [-0.25, -0.2) is 10.3 Å². The number of carbonyl (C=O) groups is 4. The summed E-state index contributed by atoms with van der Waals surface area (Å²) in [5.41, 5.74) is 7.62. The molecular formula is C54H80N2O10. The van der Waals surface area contributed by atoms with Crippen molar-refractivity contribution in [1.82, 2.24) is 10.8 Å². The average molecular weight is 917 g/mol. The molecule has 0 spiro atoms. The Kier molecular flexibility index (Phi) is 17.8. The van der Waals surface area contributed by atoms with Crippen molar-refractivity contribution in [2.75, 3.05) is 26.9 Å². The smallest absolute Gasteiger partial charge is 0.345 e. The fourth-order valence-electron chi connectivity index (χ4n) is 7.69. The average Bonchev–Trinajstić information content (AvgIpc) is 3.16. The number of hydrogen-bond acceptors (Lipinski definition) is 10. The molecule has 0 aliphatic rings. The predicted molar refractivity (Wildman–Crippen MR) is 261 cm³/mol. The Bertz CT molecular complexity index is 2150. The number of hydroxylamine groups is 1. The van der Waals surface area contributed by atoms with E-state index in [-0.39, 0.29) is 59.4 Å². The molecular weight excluding hydrogens is 837 g/mol. The number of hydrogen-bond donors (Lipinski definition) is 4. The lowest BCUT2D eigenvalue weighted by atomic mass is 9.77. The summed E-state index contributed by atoms with van der Waals surface area (Å²) in [6.07, 6.45) is 1.51. The number of ether oxygens (including phenoxy) is 3. The fourth-order valence-corrected chi connectivity index (χ4v) is 7.69. The first-order valence-electron chi connectivity index (χ1n) is 23.0. The lowest BCUT2D eigenvalue weighted by Gasteiger charge is -2.34. The molecule has 0 aliphatic heterocycles. The van der Waals surface area contributed by atoms with Gasteiger partial charge in [-0.3, -0.25) is 24.5 Å². The van der Waals surface area contributed by atoms with Crippen LogP contribution in [-0.4, -0.2) is 61.0 Å². The van der Waals surface area contributed by atoms with Gasteiger partial charge >= 0.3 is 18.0 Å². The fraction of sp³-hybridized carbons (Fsp3) is 0.593. The Labute approximate surface area is 394 Å². The highest BCUT2D eigenvalue weighted by atomic mass is 16.6. The van der Waals surface area contributed by atoms with E-state index in [2.05, 4.69) is 135 Å². The van der Waals surface area contributed by atoms with Crippen LogP contribution < -0.4 is 15.5 Å². The second kappa shape index (κ2) is 21.2. The number of imide groups is 1. The summed E-state index contributed by atoms with van der Waals surface area (Å²) in [4.78, 5) is 53.8. The van der Waals surface area contributed by atoms with Gasteiger partial charge in [0.1, 0.15) is 17.2 Å². The maximum absolute atomic E-state index is 13.2. The van der Waals surface area contributed by atoms with E-state index in [1.165, 1.54) is 7.11 Å². The molecule has 0 heterocycles. The first kappa shape index (κ1) is 55.2. The minimum atomic E-state index is -0.867. The van der Waals surface area contributed by atoms with E-state index in [9.17, 15) is 29.4 Å². The summed E-state index contributed by atoms with van der Waals surface area (Å²) in [6, 6.07) is 11.3. The summed E-state index contributed by atoms with van der Waals surface area (Å²) in [5.74, 6) is -0.403. The maximum atomic E-state index is 13.2. The number of phenolic OH excluding ortho intramolecular Hbond substituents is 2. The van der Waals surface area contributed by atoms with Gasteiger partial charge < -0.3 is 24.4 Å². The quantitative estimate of drug-likeness (QED) is 0.0801. The molecule has 0 saturated carbocycles. The highest BCUT2D eigenvalue weighted by Gasteiger charge is 2.34. The van der Waals surface area contributed by atoms with Crippen molar-refractivity contribution >= 4 is 23.9 Å². The van der Waals surface area contributed by atoms with Gasteiger partial charge in [0, 0.05) is 41.4 Å². The van der Waals surface area contributed by atoms with Gasteiger partial charge in [-0.2, -0.15) is 0 Å². The molecule has 3 rings (SSSR count). The second-order valence-corrected chi connectivity index (χ2v) is 23.3. The molecule has 12 heteroatoms. The van der Waals surface area contributed by atoms with Gasteiger partial charge in [0.2, 0.25) is 0 Å². The van der Waals surface area contributed by atoms with Crippen molar-refractivity contribution in [3.8, 4) is 17.2 Å². The lowest BCUT2D eigenvalue weighted by molar-refractivity contribution is -0.148. The van der Waals surface area contributed by atoms with Gasteiger partial charge in [0.05, 0.1) is 20.3 Å². The van der Waals surface area contributed by atoms with Crippen molar-refractivity contribution in [3.05, 3.63) is 86.5 Å². The van der Waals surface area contributed by atoms with Crippen molar-refractivity contribution < 1.29 is 48.4 Å². The van der Waals surface area contributed by atoms with Crippen LogP contribution in [-0.2, 0) is 80.4 Å². The SMILES string of the molecule is CONC(=O)NC(=O)COC(=O)CCc1cc(C(C)(C)C)c(OCC(C)(C)c2cc(CCOC(=O)CCc3cc(C(C)(C)C)c(O)c(C(C)(C)C)c3)cc(C(C)(C)C)c2O)c(C(C)(C)C)c1. The molecule has 4 N–H and O–H groups in total. The third kappa shape index (κ3) is 15.5. The molecule has 66 heavy (non-hydrogen) atoms. The third-order valence-electron chi connectivity index (χ3n) is 11.5. The van der Waals surface area contributed by atoms with Crippen LogP contribution in [0, 0.1) is 0 Å². The summed E-state index contributed by atoms with van der Waals surface area (Å²) in [7, 11) is 1.23. The summed E-state index contributed by atoms with van der Waals surface area (Å²) in [5, 5.41) is 25.1. The number of urea groups is 1. The number of carbonyl (C=O) groups excluding carboxylic acids is 4. The van der Waals surface area contributed by atoms with Gasteiger partial charge in [-0.15, -0.1) is 0 Å². The van der Waals surface area contributed by atoms with Gasteiger partial charge in [0.25, 0.3) is 5.91 Å². The Morgan fingerprint density at radius 1 is 0.515 bits per heavy atom. The third-order valence-corrected chi connectivity index (χ3v) is 11.5. The van der Waals surface area contributed by atoms with E-state index in [1.54, 1.807) is 0 Å². The molecule has 0 radical (unpaired) electrons. The van der Waals surface area contributed by atoms with Gasteiger partial charge in [0.15, 0.2) is 6.61 Å². The van der Waals surface area contributed by atoms with E-state index in [1.807, 2.05) is 35.1 Å². The molecule has 0 unspecified atom stereocenters. The largest absolute Gasteiger partial charge is 0.507 e. The number of nitrogens with one attached hydrogen (secondary N) is 2. The van der Waals surface area contributed by atoms with Crippen molar-refractivity contribution in [3.63, 3.8) is 0 Å². The number of benzene rings is 3. The number of phenols is 2. The number of amides is 3. The van der Waals surface area contributed by atoms with Gasteiger partial charge in [-0.1, -0.05) is 154 Å². The maximum Gasteiger partial charge on any atom is 0.345 e. The van der Waals surface area contributed by atoms with E-state index in [0.29, 0.717) is 25.0 Å². The normalized spacial score (nSPS) is 12.7. The molecule has 0 bridgehead atoms.